The molecule has 0 bridgehead atoms. The summed E-state index contributed by atoms with van der Waals surface area (Å²) in [5, 5.41) is 4.40. The van der Waals surface area contributed by atoms with Crippen molar-refractivity contribution in [2.45, 2.75) is 51.4 Å². The normalized spacial score (nSPS) is 18.4. The van der Waals surface area contributed by atoms with Crippen molar-refractivity contribution in [1.29, 1.82) is 0 Å². The van der Waals surface area contributed by atoms with Gasteiger partial charge in [0.2, 0.25) is 0 Å². The van der Waals surface area contributed by atoms with Gasteiger partial charge in [-0.25, -0.2) is 18.2 Å². The fourth-order valence-electron chi connectivity index (χ4n) is 4.59. The number of ether oxygens (including phenoxy) is 1. The quantitative estimate of drug-likeness (QED) is 0.524. The Kier molecular flexibility index (Phi) is 6.35. The predicted octanol–water partition coefficient (Wildman–Crippen LogP) is 4.48. The van der Waals surface area contributed by atoms with Crippen LogP contribution < -0.4 is 10.5 Å². The van der Waals surface area contributed by atoms with Gasteiger partial charge in [-0.2, -0.15) is 9.78 Å². The molecule has 1 saturated heterocycles. The van der Waals surface area contributed by atoms with E-state index in [1.807, 2.05) is 9.47 Å². The number of benzene rings is 1. The van der Waals surface area contributed by atoms with E-state index in [4.69, 9.17) is 16.3 Å². The van der Waals surface area contributed by atoms with Gasteiger partial charge in [0.05, 0.1) is 30.5 Å². The standard InChI is InChI=1S/C23H23ClF3N5O2/c24-21-19(10-29-32(23(21)33)20-3-1-2-8-34-20)30-7-6-18-17(12-30)28-13-31(18)11-14-4-5-15(25)9-16(14)22(26)27/h4-5,9-10,13,20,22H,1-3,6-8,11-12H2. The average molecular weight is 494 g/mol. The van der Waals surface area contributed by atoms with Gasteiger partial charge in [-0.3, -0.25) is 4.79 Å². The maximum absolute atomic E-state index is 13.5. The topological polar surface area (TPSA) is 65.2 Å². The Morgan fingerprint density at radius 2 is 2.12 bits per heavy atom. The predicted molar refractivity (Wildman–Crippen MR) is 120 cm³/mol. The number of imidazole rings is 1. The molecule has 3 aromatic rings. The van der Waals surface area contributed by atoms with E-state index in [1.165, 1.54) is 16.8 Å². The fourth-order valence-corrected chi connectivity index (χ4v) is 4.84. The molecule has 34 heavy (non-hydrogen) atoms. The SMILES string of the molecule is O=c1c(Cl)c(N2CCc3c(ncn3Cc3ccc(F)cc3C(F)F)C2)cnn1C1CCCCO1. The number of halogens is 4. The van der Waals surface area contributed by atoms with Crippen LogP contribution in [0.5, 0.6) is 0 Å². The first kappa shape index (κ1) is 22.9. The van der Waals surface area contributed by atoms with Crippen molar-refractivity contribution in [3.05, 3.63) is 74.4 Å². The number of hydrogen-bond donors (Lipinski definition) is 0. The van der Waals surface area contributed by atoms with Crippen molar-refractivity contribution < 1.29 is 17.9 Å². The zero-order valence-electron chi connectivity index (χ0n) is 18.3. The lowest BCUT2D eigenvalue weighted by Crippen LogP contribution is -2.36. The van der Waals surface area contributed by atoms with Gasteiger partial charge in [0.25, 0.3) is 12.0 Å². The van der Waals surface area contributed by atoms with Crippen LogP contribution in [0.2, 0.25) is 5.02 Å². The Bertz CT molecular complexity index is 1260. The summed E-state index contributed by atoms with van der Waals surface area (Å²) < 4.78 is 49.0. The second kappa shape index (κ2) is 9.42. The van der Waals surface area contributed by atoms with Gasteiger partial charge < -0.3 is 14.2 Å². The third-order valence-electron chi connectivity index (χ3n) is 6.37. The van der Waals surface area contributed by atoms with Crippen LogP contribution in [0.1, 0.15) is 54.4 Å². The van der Waals surface area contributed by atoms with Crippen LogP contribution in [0.25, 0.3) is 0 Å². The van der Waals surface area contributed by atoms with Gasteiger partial charge in [-0.05, 0) is 37.0 Å². The first-order valence-corrected chi connectivity index (χ1v) is 11.5. The number of alkyl halides is 2. The number of fused-ring (bicyclic) bond motifs is 1. The molecular formula is C23H23ClF3N5O2. The molecule has 1 atom stereocenters. The van der Waals surface area contributed by atoms with Crippen LogP contribution in [0.15, 0.2) is 35.5 Å². The van der Waals surface area contributed by atoms with E-state index in [0.29, 0.717) is 43.8 Å². The van der Waals surface area contributed by atoms with Crippen LogP contribution in [0.3, 0.4) is 0 Å². The molecule has 2 aliphatic heterocycles. The Balaban J connectivity index is 1.36. The molecule has 7 nitrogen and oxygen atoms in total. The number of nitrogens with zero attached hydrogens (tertiary/aromatic N) is 5. The highest BCUT2D eigenvalue weighted by atomic mass is 35.5. The smallest absolute Gasteiger partial charge is 0.290 e. The highest BCUT2D eigenvalue weighted by Crippen LogP contribution is 2.30. The second-order valence-corrected chi connectivity index (χ2v) is 8.87. The third kappa shape index (κ3) is 4.32. The zero-order chi connectivity index (χ0) is 23.8. The molecule has 0 aliphatic carbocycles. The lowest BCUT2D eigenvalue weighted by Gasteiger charge is -2.30. The molecule has 0 saturated carbocycles. The molecular weight excluding hydrogens is 471 g/mol. The average Bonchev–Trinajstić information content (AvgIpc) is 3.24. The first-order valence-electron chi connectivity index (χ1n) is 11.2. The maximum Gasteiger partial charge on any atom is 0.290 e. The largest absolute Gasteiger partial charge is 0.362 e. The first-order chi connectivity index (χ1) is 16.4. The molecule has 0 spiro atoms. The summed E-state index contributed by atoms with van der Waals surface area (Å²) in [7, 11) is 0. The van der Waals surface area contributed by atoms with E-state index in [9.17, 15) is 18.0 Å². The monoisotopic (exact) mass is 493 g/mol. The molecule has 180 valence electrons. The van der Waals surface area contributed by atoms with Crippen molar-refractivity contribution in [3.63, 3.8) is 0 Å². The lowest BCUT2D eigenvalue weighted by atomic mass is 10.1. The summed E-state index contributed by atoms with van der Waals surface area (Å²) in [5.41, 5.74) is 1.84. The molecule has 1 unspecified atom stereocenters. The summed E-state index contributed by atoms with van der Waals surface area (Å²) >= 11 is 6.45. The van der Waals surface area contributed by atoms with Crippen LogP contribution in [0, 0.1) is 5.82 Å². The molecule has 4 heterocycles. The minimum atomic E-state index is -2.77. The Hall–Kier alpha value is -2.85. The van der Waals surface area contributed by atoms with E-state index < -0.39 is 24.0 Å². The summed E-state index contributed by atoms with van der Waals surface area (Å²) in [6.07, 6.45) is 3.23. The fraction of sp³-hybridized carbons (Fsp3) is 0.435. The molecule has 5 rings (SSSR count). The summed E-state index contributed by atoms with van der Waals surface area (Å²) in [6, 6.07) is 3.44. The van der Waals surface area contributed by atoms with Gasteiger partial charge in [0.1, 0.15) is 10.8 Å². The van der Waals surface area contributed by atoms with Crippen LogP contribution >= 0.6 is 11.6 Å². The molecule has 2 aliphatic rings. The molecule has 1 fully saturated rings. The Labute approximate surface area is 198 Å². The maximum atomic E-state index is 13.5. The number of rotatable bonds is 5. The van der Waals surface area contributed by atoms with Crippen molar-refractivity contribution in [1.82, 2.24) is 19.3 Å². The van der Waals surface area contributed by atoms with E-state index in [-0.39, 0.29) is 17.1 Å². The summed E-state index contributed by atoms with van der Waals surface area (Å²) in [5.74, 6) is -0.690. The summed E-state index contributed by atoms with van der Waals surface area (Å²) in [4.78, 5) is 19.2. The molecule has 0 radical (unpaired) electrons. The molecule has 2 aromatic heterocycles. The summed E-state index contributed by atoms with van der Waals surface area (Å²) in [6.45, 7) is 1.71. The van der Waals surface area contributed by atoms with E-state index >= 15 is 0 Å². The highest BCUT2D eigenvalue weighted by Gasteiger charge is 2.26. The second-order valence-electron chi connectivity index (χ2n) is 8.50. The van der Waals surface area contributed by atoms with Crippen LogP contribution in [-0.2, 0) is 24.2 Å². The van der Waals surface area contributed by atoms with Crippen molar-refractivity contribution in [2.75, 3.05) is 18.1 Å². The molecule has 11 heteroatoms. The van der Waals surface area contributed by atoms with Crippen molar-refractivity contribution in [3.8, 4) is 0 Å². The number of anilines is 1. The molecule has 1 aromatic carbocycles. The minimum Gasteiger partial charge on any atom is -0.362 e. The van der Waals surface area contributed by atoms with Gasteiger partial charge in [-0.15, -0.1) is 0 Å². The van der Waals surface area contributed by atoms with E-state index in [2.05, 4.69) is 10.1 Å². The van der Waals surface area contributed by atoms with Gasteiger partial charge in [0, 0.05) is 37.4 Å². The Morgan fingerprint density at radius 3 is 2.88 bits per heavy atom. The number of aromatic nitrogens is 4. The third-order valence-corrected chi connectivity index (χ3v) is 6.73. The van der Waals surface area contributed by atoms with E-state index in [1.54, 1.807) is 12.5 Å². The highest BCUT2D eigenvalue weighted by molar-refractivity contribution is 6.33. The van der Waals surface area contributed by atoms with Crippen molar-refractivity contribution >= 4 is 17.3 Å². The van der Waals surface area contributed by atoms with Crippen LogP contribution in [0.4, 0.5) is 18.9 Å². The van der Waals surface area contributed by atoms with Crippen LogP contribution in [-0.4, -0.2) is 32.5 Å². The minimum absolute atomic E-state index is 0.0833. The lowest BCUT2D eigenvalue weighted by molar-refractivity contribution is -0.0424. The zero-order valence-corrected chi connectivity index (χ0v) is 19.0. The van der Waals surface area contributed by atoms with Gasteiger partial charge in [-0.1, -0.05) is 17.7 Å². The van der Waals surface area contributed by atoms with E-state index in [0.717, 1.165) is 30.3 Å². The molecule has 0 N–H and O–H groups in total. The molecule has 0 amide bonds. The Morgan fingerprint density at radius 1 is 1.26 bits per heavy atom. The number of hydrogen-bond acceptors (Lipinski definition) is 5. The van der Waals surface area contributed by atoms with Crippen molar-refractivity contribution in [2.24, 2.45) is 0 Å². The van der Waals surface area contributed by atoms with Gasteiger partial charge in [0.15, 0.2) is 6.23 Å². The van der Waals surface area contributed by atoms with Gasteiger partial charge >= 0.3 is 0 Å².